The average molecular weight is 534 g/mol. The number of amides is 1. The largest absolute Gasteiger partial charge is 0.389 e. The summed E-state index contributed by atoms with van der Waals surface area (Å²) in [7, 11) is -3.78. The van der Waals surface area contributed by atoms with E-state index in [1.165, 1.54) is 29.3 Å². The lowest BCUT2D eigenvalue weighted by atomic mass is 9.68. The van der Waals surface area contributed by atoms with Crippen molar-refractivity contribution in [1.82, 2.24) is 9.80 Å². The summed E-state index contributed by atoms with van der Waals surface area (Å²) in [4.78, 5) is 34.1. The van der Waals surface area contributed by atoms with Crippen molar-refractivity contribution in [3.05, 3.63) is 35.4 Å². The number of carbonyl (C=O) groups excluding carboxylic acids is 2. The second-order valence-corrected chi connectivity index (χ2v) is 13.3. The van der Waals surface area contributed by atoms with Gasteiger partial charge in [-0.3, -0.25) is 19.5 Å². The van der Waals surface area contributed by atoms with Gasteiger partial charge in [-0.25, -0.2) is 8.42 Å². The van der Waals surface area contributed by atoms with Gasteiger partial charge in [0.15, 0.2) is 15.6 Å². The molecule has 9 nitrogen and oxygen atoms in total. The zero-order chi connectivity index (χ0) is 26.8. The summed E-state index contributed by atoms with van der Waals surface area (Å²) in [6, 6.07) is 8.70. The maximum absolute atomic E-state index is 13.3. The molecule has 37 heavy (non-hydrogen) atoms. The van der Waals surface area contributed by atoms with E-state index in [0.29, 0.717) is 12.3 Å². The van der Waals surface area contributed by atoms with E-state index in [4.69, 9.17) is 9.73 Å². The fourth-order valence-corrected chi connectivity index (χ4v) is 6.83. The minimum Gasteiger partial charge on any atom is -0.389 e. The van der Waals surface area contributed by atoms with E-state index in [1.54, 1.807) is 0 Å². The van der Waals surface area contributed by atoms with Crippen molar-refractivity contribution in [1.29, 1.82) is 0 Å². The summed E-state index contributed by atoms with van der Waals surface area (Å²) in [5.74, 6) is -0.595. The Morgan fingerprint density at radius 2 is 1.81 bits per heavy atom. The number of nitrogens with zero attached hydrogens (tertiary/aromatic N) is 3. The molecular weight excluding hydrogens is 494 g/mol. The fraction of sp³-hybridized carbons (Fsp3) is 0.667. The maximum Gasteiger partial charge on any atom is 0.232 e. The van der Waals surface area contributed by atoms with E-state index in [0.717, 1.165) is 45.5 Å². The van der Waals surface area contributed by atoms with Crippen LogP contribution in [0.3, 0.4) is 0 Å². The number of aliphatic hydroxyl groups excluding tert-OH is 1. The number of rotatable bonds is 9. The van der Waals surface area contributed by atoms with Crippen LogP contribution in [0.1, 0.15) is 50.2 Å². The molecular formula is C27H39N3O6S. The highest BCUT2D eigenvalue weighted by Gasteiger charge is 2.46. The maximum atomic E-state index is 13.3. The molecule has 1 N–H and O–H groups in total. The summed E-state index contributed by atoms with van der Waals surface area (Å²) < 4.78 is 28.3. The highest BCUT2D eigenvalue weighted by atomic mass is 32.2. The number of morpholine rings is 1. The molecule has 204 valence electrons. The highest BCUT2D eigenvalue weighted by molar-refractivity contribution is 7.92. The average Bonchev–Trinajstić information content (AvgIpc) is 2.88. The molecule has 5 atom stereocenters. The Kier molecular flexibility index (Phi) is 8.52. The van der Waals surface area contributed by atoms with E-state index < -0.39 is 27.0 Å². The number of hydrogen-bond acceptors (Lipinski definition) is 8. The molecule has 0 aromatic heterocycles. The van der Waals surface area contributed by atoms with Gasteiger partial charge in [-0.05, 0) is 49.1 Å². The smallest absolute Gasteiger partial charge is 0.232 e. The Hall–Kier alpha value is -2.14. The zero-order valence-electron chi connectivity index (χ0n) is 22.0. The number of Topliss-reactive ketones (excluding diaryl/α,β-unsaturated/α-hetero) is 1. The van der Waals surface area contributed by atoms with Crippen molar-refractivity contribution < 1.29 is 27.9 Å². The molecule has 4 unspecified atom stereocenters. The summed E-state index contributed by atoms with van der Waals surface area (Å²) in [5.41, 5.74) is 2.56. The summed E-state index contributed by atoms with van der Waals surface area (Å²) in [6.45, 7) is 7.08. The van der Waals surface area contributed by atoms with E-state index in [-0.39, 0.29) is 36.8 Å². The third-order valence-electron chi connectivity index (χ3n) is 8.65. The van der Waals surface area contributed by atoms with Crippen LogP contribution in [-0.2, 0) is 30.7 Å². The first-order valence-electron chi connectivity index (χ1n) is 13.1. The number of aliphatic imine (C=N–C) groups is 1. The lowest BCUT2D eigenvalue weighted by molar-refractivity contribution is -0.135. The summed E-state index contributed by atoms with van der Waals surface area (Å²) in [5, 5.41) is 9.29. The van der Waals surface area contributed by atoms with E-state index in [1.807, 2.05) is 0 Å². The minimum atomic E-state index is -3.78. The first-order valence-corrected chi connectivity index (χ1v) is 15.0. The standard InChI is InChI=1S/C27H39N3O6S/c1-19-22(21-6-4-20(5-7-21)16-29-12-14-36-15-13-29)8-9-23-25(19)28-18-30(26(23)33)11-10-27(2,24(32)17-31)37(3,34)35/h4-7,18-19,22-23,25,31H,8-17H2,1-3H3/t19?,22?,23?,25?,27-/m1/s1. The number of sulfone groups is 1. The van der Waals surface area contributed by atoms with E-state index in [2.05, 4.69) is 36.1 Å². The van der Waals surface area contributed by atoms with Gasteiger partial charge in [-0.2, -0.15) is 0 Å². The van der Waals surface area contributed by atoms with Gasteiger partial charge in [-0.1, -0.05) is 31.2 Å². The molecule has 1 aromatic rings. The molecule has 0 bridgehead atoms. The van der Waals surface area contributed by atoms with Gasteiger partial charge >= 0.3 is 0 Å². The quantitative estimate of drug-likeness (QED) is 0.513. The topological polar surface area (TPSA) is 117 Å². The zero-order valence-corrected chi connectivity index (χ0v) is 22.8. The lowest BCUT2D eigenvalue weighted by Crippen LogP contribution is -2.52. The van der Waals surface area contributed by atoms with Gasteiger partial charge < -0.3 is 14.7 Å². The number of ether oxygens (including phenoxy) is 1. The number of hydrogen-bond donors (Lipinski definition) is 1. The third kappa shape index (κ3) is 5.82. The molecule has 10 heteroatoms. The highest BCUT2D eigenvalue weighted by Crippen LogP contribution is 2.43. The normalized spacial score (nSPS) is 28.5. The first kappa shape index (κ1) is 27.9. The van der Waals surface area contributed by atoms with Crippen LogP contribution < -0.4 is 0 Å². The van der Waals surface area contributed by atoms with Crippen LogP contribution in [0.4, 0.5) is 0 Å². The Morgan fingerprint density at radius 3 is 2.43 bits per heavy atom. The van der Waals surface area contributed by atoms with Crippen molar-refractivity contribution in [3.8, 4) is 0 Å². The number of aliphatic hydroxyl groups is 1. The molecule has 1 saturated carbocycles. The van der Waals surface area contributed by atoms with Crippen LogP contribution in [0.5, 0.6) is 0 Å². The first-order chi connectivity index (χ1) is 17.5. The molecule has 0 radical (unpaired) electrons. The van der Waals surface area contributed by atoms with Crippen LogP contribution in [0, 0.1) is 11.8 Å². The molecule has 2 heterocycles. The SMILES string of the molecule is CC1C(c2ccc(CN3CCOCC3)cc2)CCC2C(=O)N(CC[C@](C)(C(=O)CO)S(C)(=O)=O)C=NC21. The monoisotopic (exact) mass is 533 g/mol. The lowest BCUT2D eigenvalue weighted by Gasteiger charge is -2.43. The molecule has 4 rings (SSSR count). The molecule has 1 aliphatic carbocycles. The van der Waals surface area contributed by atoms with Crippen molar-refractivity contribution >= 4 is 27.9 Å². The second-order valence-electron chi connectivity index (χ2n) is 10.9. The summed E-state index contributed by atoms with van der Waals surface area (Å²) >= 11 is 0. The van der Waals surface area contributed by atoms with Crippen molar-refractivity contribution in [3.63, 3.8) is 0 Å². The molecule has 1 aromatic carbocycles. The third-order valence-corrected chi connectivity index (χ3v) is 10.7. The predicted molar refractivity (Wildman–Crippen MR) is 141 cm³/mol. The van der Waals surface area contributed by atoms with Crippen LogP contribution in [0.15, 0.2) is 29.3 Å². The van der Waals surface area contributed by atoms with Crippen LogP contribution >= 0.6 is 0 Å². The molecule has 1 amide bonds. The van der Waals surface area contributed by atoms with Crippen molar-refractivity contribution in [2.24, 2.45) is 16.8 Å². The van der Waals surface area contributed by atoms with Gasteiger partial charge in [0, 0.05) is 32.4 Å². The van der Waals surface area contributed by atoms with Crippen molar-refractivity contribution in [2.45, 2.75) is 56.4 Å². The Labute approximate surface area is 219 Å². The number of ketones is 1. The number of carbonyl (C=O) groups is 2. The van der Waals surface area contributed by atoms with Gasteiger partial charge in [0.1, 0.15) is 11.4 Å². The van der Waals surface area contributed by atoms with Crippen LogP contribution in [-0.4, -0.2) is 97.9 Å². The fourth-order valence-electron chi connectivity index (χ4n) is 5.89. The van der Waals surface area contributed by atoms with Gasteiger partial charge in [0.25, 0.3) is 0 Å². The number of benzene rings is 1. The van der Waals surface area contributed by atoms with Crippen molar-refractivity contribution in [2.75, 3.05) is 45.7 Å². The Balaban J connectivity index is 1.41. The van der Waals surface area contributed by atoms with Gasteiger partial charge in [-0.15, -0.1) is 0 Å². The molecule has 1 saturated heterocycles. The predicted octanol–water partition coefficient (Wildman–Crippen LogP) is 1.64. The van der Waals surface area contributed by atoms with Crippen LogP contribution in [0.2, 0.25) is 0 Å². The number of fused-ring (bicyclic) bond motifs is 1. The van der Waals surface area contributed by atoms with Gasteiger partial charge in [0.05, 0.1) is 31.5 Å². The van der Waals surface area contributed by atoms with E-state index >= 15 is 0 Å². The molecule has 3 aliphatic rings. The Morgan fingerprint density at radius 1 is 1.16 bits per heavy atom. The Bertz CT molecular complexity index is 1120. The summed E-state index contributed by atoms with van der Waals surface area (Å²) in [6.07, 6.45) is 4.00. The van der Waals surface area contributed by atoms with Gasteiger partial charge in [0.2, 0.25) is 5.91 Å². The molecule has 2 aliphatic heterocycles. The molecule has 2 fully saturated rings. The molecule has 0 spiro atoms. The van der Waals surface area contributed by atoms with E-state index in [9.17, 15) is 23.1 Å². The van der Waals surface area contributed by atoms with Crippen LogP contribution in [0.25, 0.3) is 0 Å². The minimum absolute atomic E-state index is 0.0588. The second kappa shape index (κ2) is 11.3.